The molecule has 0 aromatic carbocycles. The molecule has 0 aromatic heterocycles. The zero-order chi connectivity index (χ0) is 8.69. The van der Waals surface area contributed by atoms with Gasteiger partial charge in [-0.2, -0.15) is 0 Å². The zero-order valence-corrected chi connectivity index (χ0v) is 7.46. The lowest BCUT2D eigenvalue weighted by Crippen LogP contribution is -1.95. The Bertz CT molecular complexity index is 188. The van der Waals surface area contributed by atoms with Crippen molar-refractivity contribution in [3.63, 3.8) is 0 Å². The fourth-order valence-electron chi connectivity index (χ4n) is 0.594. The Kier molecular flexibility index (Phi) is 5.17. The SMILES string of the molecule is C/C=C(N)\N=C(\C)C=CCC. The van der Waals surface area contributed by atoms with E-state index in [1.54, 1.807) is 6.08 Å². The van der Waals surface area contributed by atoms with Gasteiger partial charge in [0.2, 0.25) is 0 Å². The summed E-state index contributed by atoms with van der Waals surface area (Å²) in [7, 11) is 0. The molecule has 2 nitrogen and oxygen atoms in total. The highest BCUT2D eigenvalue weighted by molar-refractivity contribution is 5.93. The van der Waals surface area contributed by atoms with Crippen molar-refractivity contribution in [3.05, 3.63) is 24.0 Å². The van der Waals surface area contributed by atoms with Gasteiger partial charge >= 0.3 is 0 Å². The van der Waals surface area contributed by atoms with Crippen LogP contribution >= 0.6 is 0 Å². The molecule has 0 unspecified atom stereocenters. The second-order valence-electron chi connectivity index (χ2n) is 2.28. The zero-order valence-electron chi connectivity index (χ0n) is 7.46. The average molecular weight is 152 g/mol. The van der Waals surface area contributed by atoms with Crippen molar-refractivity contribution >= 4 is 5.71 Å². The molecule has 0 heterocycles. The third-order valence-corrected chi connectivity index (χ3v) is 1.20. The van der Waals surface area contributed by atoms with Gasteiger partial charge in [0, 0.05) is 5.71 Å². The van der Waals surface area contributed by atoms with Gasteiger partial charge < -0.3 is 5.73 Å². The molecule has 2 heteroatoms. The molecule has 0 radical (unpaired) electrons. The van der Waals surface area contributed by atoms with E-state index in [4.69, 9.17) is 5.73 Å². The van der Waals surface area contributed by atoms with Gasteiger partial charge in [-0.1, -0.05) is 13.0 Å². The first-order valence-corrected chi connectivity index (χ1v) is 3.84. The first-order valence-electron chi connectivity index (χ1n) is 3.84. The van der Waals surface area contributed by atoms with Crippen LogP contribution in [0, 0.1) is 0 Å². The van der Waals surface area contributed by atoms with Gasteiger partial charge in [-0.25, -0.2) is 4.99 Å². The molecule has 0 fully saturated rings. The van der Waals surface area contributed by atoms with Crippen LogP contribution in [-0.2, 0) is 0 Å². The molecule has 0 aromatic rings. The summed E-state index contributed by atoms with van der Waals surface area (Å²) in [6.07, 6.45) is 6.84. The average Bonchev–Trinajstić information content (AvgIpc) is 2.00. The number of hydrogen-bond donors (Lipinski definition) is 1. The minimum absolute atomic E-state index is 0.572. The number of nitrogens with two attached hydrogens (primary N) is 1. The molecule has 0 aliphatic carbocycles. The molecule has 0 rings (SSSR count). The Hall–Kier alpha value is -1.05. The maximum Gasteiger partial charge on any atom is 0.119 e. The lowest BCUT2D eigenvalue weighted by molar-refractivity contribution is 1.21. The van der Waals surface area contributed by atoms with Crippen LogP contribution in [0.4, 0.5) is 0 Å². The Balaban J connectivity index is 4.11. The van der Waals surface area contributed by atoms with E-state index < -0.39 is 0 Å². The Morgan fingerprint density at radius 2 is 2.18 bits per heavy atom. The van der Waals surface area contributed by atoms with Gasteiger partial charge in [0.15, 0.2) is 0 Å². The number of rotatable bonds is 3. The monoisotopic (exact) mass is 152 g/mol. The second-order valence-corrected chi connectivity index (χ2v) is 2.28. The number of hydrogen-bond acceptors (Lipinski definition) is 2. The smallest absolute Gasteiger partial charge is 0.119 e. The summed E-state index contributed by atoms with van der Waals surface area (Å²) in [5.41, 5.74) is 6.43. The van der Waals surface area contributed by atoms with Crippen molar-refractivity contribution in [2.24, 2.45) is 10.7 Å². The summed E-state index contributed by atoms with van der Waals surface area (Å²) in [5.74, 6) is 0.572. The van der Waals surface area contributed by atoms with Gasteiger partial charge in [0.1, 0.15) is 5.82 Å². The van der Waals surface area contributed by atoms with Gasteiger partial charge in [-0.3, -0.25) is 0 Å². The fourth-order valence-corrected chi connectivity index (χ4v) is 0.594. The first-order chi connectivity index (χ1) is 5.20. The third-order valence-electron chi connectivity index (χ3n) is 1.20. The van der Waals surface area contributed by atoms with Crippen molar-refractivity contribution in [2.75, 3.05) is 0 Å². The second kappa shape index (κ2) is 5.71. The predicted octanol–water partition coefficient (Wildman–Crippen LogP) is 2.23. The molecule has 0 amide bonds. The van der Waals surface area contributed by atoms with Crippen LogP contribution in [0.5, 0.6) is 0 Å². The number of aliphatic imine (C=N–C) groups is 1. The van der Waals surface area contributed by atoms with E-state index in [9.17, 15) is 0 Å². The number of nitrogens with zero attached hydrogens (tertiary/aromatic N) is 1. The van der Waals surface area contributed by atoms with Crippen molar-refractivity contribution in [3.8, 4) is 0 Å². The Morgan fingerprint density at radius 3 is 2.64 bits per heavy atom. The van der Waals surface area contributed by atoms with Crippen LogP contribution in [0.15, 0.2) is 29.0 Å². The summed E-state index contributed by atoms with van der Waals surface area (Å²) in [6.45, 7) is 5.89. The van der Waals surface area contributed by atoms with Crippen molar-refractivity contribution in [1.82, 2.24) is 0 Å². The molecule has 0 aliphatic rings. The van der Waals surface area contributed by atoms with Crippen LogP contribution in [0.1, 0.15) is 27.2 Å². The van der Waals surface area contributed by atoms with Crippen LogP contribution in [-0.4, -0.2) is 5.71 Å². The minimum Gasteiger partial charge on any atom is -0.384 e. The highest BCUT2D eigenvalue weighted by Gasteiger charge is 1.83. The topological polar surface area (TPSA) is 38.4 Å². The molecule has 0 saturated heterocycles. The molecule has 0 spiro atoms. The summed E-state index contributed by atoms with van der Waals surface area (Å²) in [5, 5.41) is 0. The molecular weight excluding hydrogens is 136 g/mol. The van der Waals surface area contributed by atoms with Crippen LogP contribution in [0.3, 0.4) is 0 Å². The molecular formula is C9H16N2. The normalized spacial score (nSPS) is 14.5. The van der Waals surface area contributed by atoms with E-state index in [-0.39, 0.29) is 0 Å². The van der Waals surface area contributed by atoms with E-state index >= 15 is 0 Å². The van der Waals surface area contributed by atoms with Gasteiger partial charge in [-0.05, 0) is 32.4 Å². The van der Waals surface area contributed by atoms with E-state index in [1.165, 1.54) is 0 Å². The van der Waals surface area contributed by atoms with Crippen molar-refractivity contribution < 1.29 is 0 Å². The maximum absolute atomic E-state index is 5.49. The number of allylic oxidation sites excluding steroid dienone is 3. The van der Waals surface area contributed by atoms with Crippen molar-refractivity contribution in [1.29, 1.82) is 0 Å². The maximum atomic E-state index is 5.49. The lowest BCUT2D eigenvalue weighted by atomic mass is 10.3. The first kappa shape index (κ1) is 9.95. The standard InChI is InChI=1S/C9H16N2/c1-4-6-7-8(3)11-9(10)5-2/h5-7H,4,10H2,1-3H3/b7-6?,9-5-,11-8-. The van der Waals surface area contributed by atoms with Crippen LogP contribution < -0.4 is 5.73 Å². The van der Waals surface area contributed by atoms with E-state index in [0.717, 1.165) is 12.1 Å². The predicted molar refractivity (Wildman–Crippen MR) is 50.5 cm³/mol. The van der Waals surface area contributed by atoms with Gasteiger partial charge in [0.25, 0.3) is 0 Å². The van der Waals surface area contributed by atoms with Crippen molar-refractivity contribution in [2.45, 2.75) is 27.2 Å². The molecule has 0 saturated carbocycles. The molecule has 62 valence electrons. The summed E-state index contributed by atoms with van der Waals surface area (Å²) < 4.78 is 0. The quantitative estimate of drug-likeness (QED) is 0.619. The molecule has 0 bridgehead atoms. The Labute approximate surface area is 68.5 Å². The van der Waals surface area contributed by atoms with Gasteiger partial charge in [-0.15, -0.1) is 0 Å². The van der Waals surface area contributed by atoms with Gasteiger partial charge in [0.05, 0.1) is 0 Å². The molecule has 0 atom stereocenters. The highest BCUT2D eigenvalue weighted by atomic mass is 14.9. The largest absolute Gasteiger partial charge is 0.384 e. The van der Waals surface area contributed by atoms with E-state index in [2.05, 4.69) is 18.0 Å². The van der Waals surface area contributed by atoms with Crippen LogP contribution in [0.25, 0.3) is 0 Å². The van der Waals surface area contributed by atoms with E-state index in [1.807, 2.05) is 19.9 Å². The molecule has 0 aliphatic heterocycles. The van der Waals surface area contributed by atoms with Crippen LogP contribution in [0.2, 0.25) is 0 Å². The van der Waals surface area contributed by atoms with E-state index in [0.29, 0.717) is 5.82 Å². The summed E-state index contributed by atoms with van der Waals surface area (Å²) in [4.78, 5) is 4.10. The molecule has 11 heavy (non-hydrogen) atoms. The summed E-state index contributed by atoms with van der Waals surface area (Å²) in [6, 6.07) is 0. The Morgan fingerprint density at radius 1 is 1.55 bits per heavy atom. The molecule has 2 N–H and O–H groups in total. The third kappa shape index (κ3) is 5.40. The fraction of sp³-hybridized carbons (Fsp3) is 0.444. The highest BCUT2D eigenvalue weighted by Crippen LogP contribution is 1.90. The summed E-state index contributed by atoms with van der Waals surface area (Å²) >= 11 is 0. The minimum atomic E-state index is 0.572. The lowest BCUT2D eigenvalue weighted by Gasteiger charge is -1.92.